The summed E-state index contributed by atoms with van der Waals surface area (Å²) in [6, 6.07) is 6.85. The maximum absolute atomic E-state index is 11.4. The molecule has 1 heterocycles. The summed E-state index contributed by atoms with van der Waals surface area (Å²) in [6.07, 6.45) is 2.60. The van der Waals surface area contributed by atoms with Crippen LogP contribution in [-0.4, -0.2) is 12.5 Å². The minimum Gasteiger partial charge on any atom is -0.326 e. The van der Waals surface area contributed by atoms with E-state index in [0.717, 1.165) is 25.1 Å². The van der Waals surface area contributed by atoms with Crippen LogP contribution in [-0.2, 0) is 11.2 Å². The van der Waals surface area contributed by atoms with Crippen LogP contribution in [0.5, 0.6) is 0 Å². The molecule has 2 rings (SSSR count). The van der Waals surface area contributed by atoms with E-state index in [1.807, 2.05) is 6.07 Å². The highest BCUT2D eigenvalue weighted by Crippen LogP contribution is 2.28. The summed E-state index contributed by atoms with van der Waals surface area (Å²) in [6.45, 7) is 7.63. The van der Waals surface area contributed by atoms with E-state index in [1.165, 1.54) is 11.1 Å². The van der Waals surface area contributed by atoms with Gasteiger partial charge in [-0.2, -0.15) is 0 Å². The maximum Gasteiger partial charge on any atom is 0.224 e. The highest BCUT2D eigenvalue weighted by molar-refractivity contribution is 5.93. The first kappa shape index (κ1) is 14.1. The van der Waals surface area contributed by atoms with E-state index in [-0.39, 0.29) is 5.91 Å². The van der Waals surface area contributed by atoms with Gasteiger partial charge in [-0.15, -0.1) is 0 Å². The standard InChI is InChI=1S/C16H24N2O/c1-4-17-15(9-11(2)3)13-5-7-14-12(10-13)6-8-16(19)18-14/h5,7,10-11,15,17H,4,6,8-9H2,1-3H3,(H,18,19). The summed E-state index contributed by atoms with van der Waals surface area (Å²) in [5.74, 6) is 0.797. The number of aryl methyl sites for hydroxylation is 1. The predicted octanol–water partition coefficient (Wildman–Crippen LogP) is 3.27. The summed E-state index contributed by atoms with van der Waals surface area (Å²) in [4.78, 5) is 11.4. The van der Waals surface area contributed by atoms with E-state index < -0.39 is 0 Å². The number of amides is 1. The second-order valence-electron chi connectivity index (χ2n) is 5.70. The first-order valence-electron chi connectivity index (χ1n) is 7.26. The van der Waals surface area contributed by atoms with Gasteiger partial charge in [-0.3, -0.25) is 4.79 Å². The lowest BCUT2D eigenvalue weighted by Crippen LogP contribution is -2.24. The molecule has 0 aromatic heterocycles. The number of nitrogens with one attached hydrogen (secondary N) is 2. The smallest absolute Gasteiger partial charge is 0.224 e. The van der Waals surface area contributed by atoms with Crippen molar-refractivity contribution in [2.45, 2.75) is 46.1 Å². The van der Waals surface area contributed by atoms with Gasteiger partial charge in [0.25, 0.3) is 0 Å². The Hall–Kier alpha value is -1.35. The van der Waals surface area contributed by atoms with Crippen molar-refractivity contribution in [3.63, 3.8) is 0 Å². The second kappa shape index (κ2) is 6.20. The van der Waals surface area contributed by atoms with Gasteiger partial charge in [-0.1, -0.05) is 32.9 Å². The molecule has 104 valence electrons. The molecular formula is C16H24N2O. The van der Waals surface area contributed by atoms with Crippen molar-refractivity contribution in [1.29, 1.82) is 0 Å². The van der Waals surface area contributed by atoms with Crippen LogP contribution in [0.15, 0.2) is 18.2 Å². The van der Waals surface area contributed by atoms with Gasteiger partial charge in [0.15, 0.2) is 0 Å². The van der Waals surface area contributed by atoms with Gasteiger partial charge in [-0.25, -0.2) is 0 Å². The monoisotopic (exact) mass is 260 g/mol. The third kappa shape index (κ3) is 3.57. The fourth-order valence-corrected chi connectivity index (χ4v) is 2.68. The SMILES string of the molecule is CCNC(CC(C)C)c1ccc2c(c1)CCC(=O)N2. The Bertz CT molecular complexity index is 454. The molecule has 1 aliphatic rings. The van der Waals surface area contributed by atoms with Gasteiger partial charge in [0.2, 0.25) is 5.91 Å². The lowest BCUT2D eigenvalue weighted by Gasteiger charge is -2.23. The van der Waals surface area contributed by atoms with E-state index in [2.05, 4.69) is 43.5 Å². The molecule has 1 aromatic rings. The van der Waals surface area contributed by atoms with E-state index in [1.54, 1.807) is 0 Å². The maximum atomic E-state index is 11.4. The third-order valence-corrected chi connectivity index (χ3v) is 3.58. The van der Waals surface area contributed by atoms with Gasteiger partial charge in [0, 0.05) is 18.2 Å². The Morgan fingerprint density at radius 2 is 2.11 bits per heavy atom. The number of anilines is 1. The van der Waals surface area contributed by atoms with Crippen molar-refractivity contribution in [1.82, 2.24) is 5.32 Å². The molecule has 0 radical (unpaired) electrons. The van der Waals surface area contributed by atoms with Crippen LogP contribution in [0.4, 0.5) is 5.69 Å². The average Bonchev–Trinajstić information content (AvgIpc) is 2.37. The Balaban J connectivity index is 2.21. The van der Waals surface area contributed by atoms with Crippen LogP contribution >= 0.6 is 0 Å². The normalized spacial score (nSPS) is 16.1. The van der Waals surface area contributed by atoms with Crippen molar-refractivity contribution in [3.05, 3.63) is 29.3 Å². The highest BCUT2D eigenvalue weighted by Gasteiger charge is 2.18. The number of hydrogen-bond donors (Lipinski definition) is 2. The minimum atomic E-state index is 0.130. The van der Waals surface area contributed by atoms with Crippen LogP contribution in [0.2, 0.25) is 0 Å². The van der Waals surface area contributed by atoms with Gasteiger partial charge in [0.1, 0.15) is 0 Å². The van der Waals surface area contributed by atoms with Crippen LogP contribution < -0.4 is 10.6 Å². The topological polar surface area (TPSA) is 41.1 Å². The Morgan fingerprint density at radius 1 is 1.32 bits per heavy atom. The number of carbonyl (C=O) groups excluding carboxylic acids is 1. The Kier molecular flexibility index (Phi) is 4.59. The average molecular weight is 260 g/mol. The van der Waals surface area contributed by atoms with E-state index in [9.17, 15) is 4.79 Å². The van der Waals surface area contributed by atoms with Crippen LogP contribution in [0, 0.1) is 5.92 Å². The van der Waals surface area contributed by atoms with E-state index in [0.29, 0.717) is 18.4 Å². The van der Waals surface area contributed by atoms with Gasteiger partial charge < -0.3 is 10.6 Å². The molecule has 1 atom stereocenters. The molecule has 3 nitrogen and oxygen atoms in total. The van der Waals surface area contributed by atoms with Crippen molar-refractivity contribution in [2.75, 3.05) is 11.9 Å². The van der Waals surface area contributed by atoms with E-state index in [4.69, 9.17) is 0 Å². The molecule has 0 spiro atoms. The second-order valence-corrected chi connectivity index (χ2v) is 5.70. The highest BCUT2D eigenvalue weighted by atomic mass is 16.1. The molecule has 0 aliphatic carbocycles. The van der Waals surface area contributed by atoms with Crippen molar-refractivity contribution < 1.29 is 4.79 Å². The fourth-order valence-electron chi connectivity index (χ4n) is 2.68. The van der Waals surface area contributed by atoms with Crippen LogP contribution in [0.3, 0.4) is 0 Å². The first-order chi connectivity index (χ1) is 9.10. The third-order valence-electron chi connectivity index (χ3n) is 3.58. The number of hydrogen-bond acceptors (Lipinski definition) is 2. The quantitative estimate of drug-likeness (QED) is 0.853. The summed E-state index contributed by atoms with van der Waals surface area (Å²) in [7, 11) is 0. The molecule has 19 heavy (non-hydrogen) atoms. The molecule has 0 saturated heterocycles. The molecule has 2 N–H and O–H groups in total. The number of rotatable bonds is 5. The zero-order valence-corrected chi connectivity index (χ0v) is 12.1. The molecule has 0 bridgehead atoms. The molecular weight excluding hydrogens is 236 g/mol. The Labute approximate surface area is 115 Å². The zero-order chi connectivity index (χ0) is 13.8. The molecule has 1 unspecified atom stereocenters. The predicted molar refractivity (Wildman–Crippen MR) is 79.3 cm³/mol. The fraction of sp³-hybridized carbons (Fsp3) is 0.562. The molecule has 3 heteroatoms. The summed E-state index contributed by atoms with van der Waals surface area (Å²) in [5.41, 5.74) is 3.59. The van der Waals surface area contributed by atoms with Crippen LogP contribution in [0.25, 0.3) is 0 Å². The van der Waals surface area contributed by atoms with E-state index >= 15 is 0 Å². The van der Waals surface area contributed by atoms with Crippen molar-refractivity contribution >= 4 is 11.6 Å². The molecule has 0 saturated carbocycles. The summed E-state index contributed by atoms with van der Waals surface area (Å²) in [5, 5.41) is 6.50. The molecule has 1 aromatic carbocycles. The minimum absolute atomic E-state index is 0.130. The lowest BCUT2D eigenvalue weighted by atomic mass is 9.93. The van der Waals surface area contributed by atoms with Gasteiger partial charge in [0.05, 0.1) is 0 Å². The summed E-state index contributed by atoms with van der Waals surface area (Å²) >= 11 is 0. The van der Waals surface area contributed by atoms with Gasteiger partial charge >= 0.3 is 0 Å². The van der Waals surface area contributed by atoms with Gasteiger partial charge in [-0.05, 0) is 42.5 Å². The zero-order valence-electron chi connectivity index (χ0n) is 12.1. The number of carbonyl (C=O) groups is 1. The first-order valence-corrected chi connectivity index (χ1v) is 7.26. The molecule has 1 amide bonds. The largest absolute Gasteiger partial charge is 0.326 e. The molecule has 1 aliphatic heterocycles. The number of fused-ring (bicyclic) bond motifs is 1. The number of benzene rings is 1. The Morgan fingerprint density at radius 3 is 2.79 bits per heavy atom. The van der Waals surface area contributed by atoms with Crippen molar-refractivity contribution in [3.8, 4) is 0 Å². The van der Waals surface area contributed by atoms with Crippen LogP contribution in [0.1, 0.15) is 50.8 Å². The molecule has 0 fully saturated rings. The van der Waals surface area contributed by atoms with Crippen molar-refractivity contribution in [2.24, 2.45) is 5.92 Å². The lowest BCUT2D eigenvalue weighted by molar-refractivity contribution is -0.116. The summed E-state index contributed by atoms with van der Waals surface area (Å²) < 4.78 is 0.